The van der Waals surface area contributed by atoms with Gasteiger partial charge in [-0.3, -0.25) is 9.78 Å². The number of carbonyl (C=O) groups excluding carboxylic acids is 1. The van der Waals surface area contributed by atoms with Crippen molar-refractivity contribution in [2.75, 3.05) is 19.7 Å². The number of aliphatic carboxylic acids is 1. The molecule has 0 bridgehead atoms. The molecule has 2 rings (SSSR count). The molecule has 0 aliphatic carbocycles. The molecule has 6 nitrogen and oxygen atoms in total. The van der Waals surface area contributed by atoms with Crippen LogP contribution >= 0.6 is 0 Å². The molecule has 106 valence electrons. The van der Waals surface area contributed by atoms with Crippen LogP contribution in [0, 0.1) is 0 Å². The molecule has 2 heterocycles. The second-order valence-corrected chi connectivity index (χ2v) is 4.57. The lowest BCUT2D eigenvalue weighted by Gasteiger charge is -2.31. The minimum absolute atomic E-state index is 0.00699. The molecule has 1 aromatic rings. The summed E-state index contributed by atoms with van der Waals surface area (Å²) in [6, 6.07) is 1.60. The number of nitrogens with zero attached hydrogens (tertiary/aromatic N) is 2. The lowest BCUT2D eigenvalue weighted by atomic mass is 10.1. The third-order valence-electron chi connectivity index (χ3n) is 3.02. The Labute approximate surface area is 116 Å². The van der Waals surface area contributed by atoms with E-state index in [4.69, 9.17) is 9.84 Å². The normalized spacial score (nSPS) is 19.2. The Morgan fingerprint density at radius 2 is 2.35 bits per heavy atom. The highest BCUT2D eigenvalue weighted by molar-refractivity contribution is 5.98. The average molecular weight is 276 g/mol. The first-order valence-corrected chi connectivity index (χ1v) is 6.34. The van der Waals surface area contributed by atoms with Gasteiger partial charge < -0.3 is 14.7 Å². The fraction of sp³-hybridized carbons (Fsp3) is 0.357. The fourth-order valence-electron chi connectivity index (χ4n) is 2.07. The van der Waals surface area contributed by atoms with Crippen LogP contribution in [0.4, 0.5) is 0 Å². The Kier molecular flexibility index (Phi) is 4.47. The van der Waals surface area contributed by atoms with Gasteiger partial charge in [0.1, 0.15) is 0 Å². The van der Waals surface area contributed by atoms with Crippen LogP contribution in [-0.4, -0.2) is 52.7 Å². The molecule has 1 aliphatic rings. The van der Waals surface area contributed by atoms with E-state index in [2.05, 4.69) is 4.98 Å². The number of ether oxygens (including phenoxy) is 1. The number of carbonyl (C=O) groups is 2. The predicted octanol–water partition coefficient (Wildman–Crippen LogP) is 1.04. The monoisotopic (exact) mass is 276 g/mol. The van der Waals surface area contributed by atoms with Crippen LogP contribution in [0.15, 0.2) is 24.5 Å². The number of aromatic nitrogens is 1. The maximum atomic E-state index is 12.5. The van der Waals surface area contributed by atoms with E-state index in [1.54, 1.807) is 11.0 Å². The number of pyridine rings is 1. The van der Waals surface area contributed by atoms with Crippen LogP contribution in [0.3, 0.4) is 0 Å². The van der Waals surface area contributed by atoms with E-state index in [9.17, 15) is 9.59 Å². The quantitative estimate of drug-likeness (QED) is 0.834. The number of amides is 1. The van der Waals surface area contributed by atoms with Crippen molar-refractivity contribution in [3.63, 3.8) is 0 Å². The summed E-state index contributed by atoms with van der Waals surface area (Å²) in [6.07, 6.45) is 5.39. The largest absolute Gasteiger partial charge is 0.478 e. The zero-order valence-corrected chi connectivity index (χ0v) is 11.2. The van der Waals surface area contributed by atoms with Gasteiger partial charge in [-0.05, 0) is 19.1 Å². The van der Waals surface area contributed by atoms with Crippen molar-refractivity contribution >= 4 is 18.0 Å². The molecule has 1 N–H and O–H groups in total. The molecule has 1 fully saturated rings. The Hall–Kier alpha value is -2.21. The zero-order valence-electron chi connectivity index (χ0n) is 11.2. The van der Waals surface area contributed by atoms with Gasteiger partial charge in [-0.2, -0.15) is 0 Å². The van der Waals surface area contributed by atoms with E-state index in [-0.39, 0.29) is 12.0 Å². The van der Waals surface area contributed by atoms with Gasteiger partial charge in [0.25, 0.3) is 5.91 Å². The molecule has 0 saturated carbocycles. The smallest absolute Gasteiger partial charge is 0.328 e. The zero-order chi connectivity index (χ0) is 14.5. The predicted molar refractivity (Wildman–Crippen MR) is 72.2 cm³/mol. The van der Waals surface area contributed by atoms with Crippen molar-refractivity contribution in [2.24, 2.45) is 0 Å². The van der Waals surface area contributed by atoms with Gasteiger partial charge in [0.05, 0.1) is 12.7 Å². The van der Waals surface area contributed by atoms with Crippen molar-refractivity contribution in [1.82, 2.24) is 9.88 Å². The second kappa shape index (κ2) is 6.29. The van der Waals surface area contributed by atoms with E-state index in [0.717, 1.165) is 6.08 Å². The average Bonchev–Trinajstić information content (AvgIpc) is 2.44. The van der Waals surface area contributed by atoms with Crippen molar-refractivity contribution in [1.29, 1.82) is 0 Å². The lowest BCUT2D eigenvalue weighted by Crippen LogP contribution is -2.44. The van der Waals surface area contributed by atoms with Gasteiger partial charge in [-0.1, -0.05) is 0 Å². The second-order valence-electron chi connectivity index (χ2n) is 4.57. The van der Waals surface area contributed by atoms with Crippen molar-refractivity contribution in [2.45, 2.75) is 13.0 Å². The Balaban J connectivity index is 2.23. The lowest BCUT2D eigenvalue weighted by molar-refractivity contribution is -0.131. The molecule has 0 radical (unpaired) electrons. The van der Waals surface area contributed by atoms with E-state index in [1.165, 1.54) is 18.5 Å². The Morgan fingerprint density at radius 3 is 3.05 bits per heavy atom. The molecule has 1 aromatic heterocycles. The maximum absolute atomic E-state index is 12.5. The minimum atomic E-state index is -1.06. The van der Waals surface area contributed by atoms with Crippen LogP contribution in [0.1, 0.15) is 22.8 Å². The first kappa shape index (κ1) is 14.2. The van der Waals surface area contributed by atoms with Crippen molar-refractivity contribution < 1.29 is 19.4 Å². The summed E-state index contributed by atoms with van der Waals surface area (Å²) in [7, 11) is 0. The van der Waals surface area contributed by atoms with Crippen LogP contribution in [0.25, 0.3) is 6.08 Å². The number of hydrogen-bond acceptors (Lipinski definition) is 4. The molecule has 0 spiro atoms. The summed E-state index contributed by atoms with van der Waals surface area (Å²) in [5, 5.41) is 8.67. The van der Waals surface area contributed by atoms with Crippen molar-refractivity contribution in [3.05, 3.63) is 35.7 Å². The molecule has 0 aromatic carbocycles. The molecule has 1 amide bonds. The molecular weight excluding hydrogens is 260 g/mol. The Bertz CT molecular complexity index is 542. The van der Waals surface area contributed by atoms with Gasteiger partial charge >= 0.3 is 5.97 Å². The minimum Gasteiger partial charge on any atom is -0.478 e. The molecule has 1 unspecified atom stereocenters. The highest BCUT2D eigenvalue weighted by Crippen LogP contribution is 2.15. The van der Waals surface area contributed by atoms with Gasteiger partial charge in [0, 0.05) is 42.7 Å². The highest BCUT2D eigenvalue weighted by Gasteiger charge is 2.23. The summed E-state index contributed by atoms with van der Waals surface area (Å²) in [6.45, 7) is 3.49. The first-order chi connectivity index (χ1) is 9.58. The summed E-state index contributed by atoms with van der Waals surface area (Å²) in [4.78, 5) is 28.7. The van der Waals surface area contributed by atoms with Gasteiger partial charge in [-0.25, -0.2) is 4.79 Å². The summed E-state index contributed by atoms with van der Waals surface area (Å²) < 4.78 is 5.41. The number of carboxylic acid groups (broad SMARTS) is 1. The third-order valence-corrected chi connectivity index (χ3v) is 3.02. The van der Waals surface area contributed by atoms with E-state index < -0.39 is 5.97 Å². The summed E-state index contributed by atoms with van der Waals surface area (Å²) >= 11 is 0. The topological polar surface area (TPSA) is 79.7 Å². The van der Waals surface area contributed by atoms with Crippen LogP contribution in [-0.2, 0) is 9.53 Å². The van der Waals surface area contributed by atoms with Crippen LogP contribution in [0.5, 0.6) is 0 Å². The van der Waals surface area contributed by atoms with Crippen LogP contribution < -0.4 is 0 Å². The number of hydrogen-bond donors (Lipinski definition) is 1. The molecule has 20 heavy (non-hydrogen) atoms. The summed E-state index contributed by atoms with van der Waals surface area (Å²) in [5.41, 5.74) is 0.950. The summed E-state index contributed by atoms with van der Waals surface area (Å²) in [5.74, 6) is -1.19. The van der Waals surface area contributed by atoms with Gasteiger partial charge in [0.15, 0.2) is 0 Å². The number of morpholine rings is 1. The maximum Gasteiger partial charge on any atom is 0.328 e. The van der Waals surface area contributed by atoms with Gasteiger partial charge in [0.2, 0.25) is 0 Å². The fourth-order valence-corrected chi connectivity index (χ4v) is 2.07. The number of carboxylic acids is 1. The van der Waals surface area contributed by atoms with Crippen LogP contribution in [0.2, 0.25) is 0 Å². The molecule has 1 aliphatic heterocycles. The highest BCUT2D eigenvalue weighted by atomic mass is 16.5. The molecule has 1 saturated heterocycles. The first-order valence-electron chi connectivity index (χ1n) is 6.34. The van der Waals surface area contributed by atoms with E-state index in [0.29, 0.717) is 30.8 Å². The molecular formula is C14H16N2O4. The van der Waals surface area contributed by atoms with Gasteiger partial charge in [-0.15, -0.1) is 0 Å². The van der Waals surface area contributed by atoms with Crippen molar-refractivity contribution in [3.8, 4) is 0 Å². The standard InChI is InChI=1S/C14H16N2O4/c1-10-9-16(6-7-20-10)14(19)12-4-5-15-8-11(12)2-3-13(17)18/h2-5,8,10H,6-7,9H2,1H3,(H,17,18). The van der Waals surface area contributed by atoms with E-state index >= 15 is 0 Å². The van der Waals surface area contributed by atoms with E-state index in [1.807, 2.05) is 6.92 Å². The molecule has 1 atom stereocenters. The Morgan fingerprint density at radius 1 is 1.55 bits per heavy atom. The third kappa shape index (κ3) is 3.42. The number of rotatable bonds is 3. The molecule has 6 heteroatoms. The SMILES string of the molecule is CC1CN(C(=O)c2ccncc2C=CC(=O)O)CCO1.